The van der Waals surface area contributed by atoms with Crippen LogP contribution in [0.2, 0.25) is 0 Å². The third-order valence-corrected chi connectivity index (χ3v) is 5.84. The van der Waals surface area contributed by atoms with E-state index in [1.165, 1.54) is 49.1 Å². The molecular formula is C23H23F5N6O2. The van der Waals surface area contributed by atoms with Crippen LogP contribution >= 0.6 is 0 Å². The second-order valence-electron chi connectivity index (χ2n) is 8.58. The number of likely N-dealkylation sites (N-methyl/N-ethyl adjacent to an activating group) is 1. The van der Waals surface area contributed by atoms with Crippen LogP contribution in [0.15, 0.2) is 49.1 Å². The Morgan fingerprint density at radius 3 is 2.61 bits per heavy atom. The van der Waals surface area contributed by atoms with E-state index in [1.807, 2.05) is 11.9 Å². The maximum atomic E-state index is 13.2. The third kappa shape index (κ3) is 5.96. The number of halogens is 5. The molecule has 0 saturated carbocycles. The molecule has 1 saturated heterocycles. The van der Waals surface area contributed by atoms with Gasteiger partial charge < -0.3 is 15.0 Å². The Labute approximate surface area is 203 Å². The fourth-order valence-electron chi connectivity index (χ4n) is 4.18. The van der Waals surface area contributed by atoms with Crippen molar-refractivity contribution < 1.29 is 31.5 Å². The summed E-state index contributed by atoms with van der Waals surface area (Å²) in [6, 6.07) is 7.23. The summed E-state index contributed by atoms with van der Waals surface area (Å²) in [5.41, 5.74) is 0.478. The van der Waals surface area contributed by atoms with Crippen molar-refractivity contribution in [1.82, 2.24) is 30.0 Å². The molecule has 0 radical (unpaired) electrons. The second-order valence-corrected chi connectivity index (χ2v) is 8.58. The molecule has 1 aliphatic rings. The van der Waals surface area contributed by atoms with Gasteiger partial charge in [0, 0.05) is 23.9 Å². The summed E-state index contributed by atoms with van der Waals surface area (Å²) in [7, 11) is 1.88. The van der Waals surface area contributed by atoms with Crippen LogP contribution in [0.4, 0.5) is 22.0 Å². The van der Waals surface area contributed by atoms with Gasteiger partial charge in [-0.1, -0.05) is 0 Å². The predicted octanol–water partition coefficient (Wildman–Crippen LogP) is 4.03. The molecule has 3 heterocycles. The van der Waals surface area contributed by atoms with Gasteiger partial charge in [-0.25, -0.2) is 14.6 Å². The minimum Gasteiger partial charge on any atom is -0.484 e. The van der Waals surface area contributed by atoms with Crippen molar-refractivity contribution in [3.63, 3.8) is 0 Å². The number of nitrogens with zero attached hydrogens (tertiary/aromatic N) is 5. The van der Waals surface area contributed by atoms with Crippen molar-refractivity contribution in [1.29, 1.82) is 0 Å². The first-order valence-corrected chi connectivity index (χ1v) is 11.0. The van der Waals surface area contributed by atoms with E-state index < -0.39 is 30.8 Å². The zero-order chi connectivity index (χ0) is 25.9. The van der Waals surface area contributed by atoms with Crippen LogP contribution in [-0.4, -0.2) is 63.5 Å². The number of hydrogen-bond donors (Lipinski definition) is 1. The average Bonchev–Trinajstić information content (AvgIpc) is 3.34. The van der Waals surface area contributed by atoms with Crippen LogP contribution in [0.25, 0.3) is 11.3 Å². The van der Waals surface area contributed by atoms with Crippen molar-refractivity contribution in [3.8, 4) is 17.0 Å². The fourth-order valence-corrected chi connectivity index (χ4v) is 4.18. The number of carbonyl (C=O) groups is 1. The zero-order valence-corrected chi connectivity index (χ0v) is 19.2. The molecule has 1 atom stereocenters. The number of hydrogen-bond acceptors (Lipinski definition) is 6. The monoisotopic (exact) mass is 510 g/mol. The van der Waals surface area contributed by atoms with Gasteiger partial charge in [0.25, 0.3) is 5.91 Å². The zero-order valence-electron chi connectivity index (χ0n) is 19.2. The Morgan fingerprint density at radius 2 is 1.97 bits per heavy atom. The number of rotatable bonds is 7. The normalized spacial score (nSPS) is 18.9. The highest BCUT2D eigenvalue weighted by atomic mass is 19.4. The maximum absolute atomic E-state index is 13.2. The lowest BCUT2D eigenvalue weighted by atomic mass is 9.83. The molecule has 1 amide bonds. The molecule has 0 spiro atoms. The summed E-state index contributed by atoms with van der Waals surface area (Å²) < 4.78 is 68.6. The first-order chi connectivity index (χ1) is 17.0. The molecule has 192 valence electrons. The molecule has 0 aliphatic carbocycles. The number of carbonyl (C=O) groups excluding carboxylic acids is 1. The number of benzene rings is 1. The predicted molar refractivity (Wildman–Crippen MR) is 118 cm³/mol. The number of ether oxygens (including phenoxy) is 1. The lowest BCUT2D eigenvalue weighted by Crippen LogP contribution is -2.55. The molecule has 3 aromatic rings. The minimum absolute atomic E-state index is 0.0378. The molecule has 4 rings (SSSR count). The van der Waals surface area contributed by atoms with Gasteiger partial charge in [-0.05, 0) is 56.8 Å². The van der Waals surface area contributed by atoms with Crippen LogP contribution in [0, 0.1) is 0 Å². The molecule has 1 aromatic carbocycles. The minimum atomic E-state index is -4.45. The highest BCUT2D eigenvalue weighted by Crippen LogP contribution is 2.32. The Morgan fingerprint density at radius 1 is 1.22 bits per heavy atom. The van der Waals surface area contributed by atoms with Crippen molar-refractivity contribution in [3.05, 3.63) is 60.3 Å². The van der Waals surface area contributed by atoms with E-state index in [1.54, 1.807) is 0 Å². The molecule has 13 heteroatoms. The number of piperidine rings is 1. The highest BCUT2D eigenvalue weighted by molar-refractivity contribution is 5.93. The number of likely N-dealkylation sites (tertiary alicyclic amines) is 1. The lowest BCUT2D eigenvalue weighted by molar-refractivity contribution is -0.153. The summed E-state index contributed by atoms with van der Waals surface area (Å²) >= 11 is 0. The van der Waals surface area contributed by atoms with Gasteiger partial charge in [-0.2, -0.15) is 27.1 Å². The maximum Gasteiger partial charge on any atom is 0.422 e. The third-order valence-electron chi connectivity index (χ3n) is 5.84. The van der Waals surface area contributed by atoms with Gasteiger partial charge in [0.1, 0.15) is 17.8 Å². The summed E-state index contributed by atoms with van der Waals surface area (Å²) in [6.45, 7) is -3.02. The van der Waals surface area contributed by atoms with Crippen molar-refractivity contribution in [2.75, 3.05) is 26.7 Å². The molecule has 0 bridgehead atoms. The van der Waals surface area contributed by atoms with Gasteiger partial charge in [-0.3, -0.25) is 4.79 Å². The molecule has 1 unspecified atom stereocenters. The SMILES string of the molecule is CN1CCCC(NC(=O)c2cc(-c3ccc(OCC(F)(F)F)cc3)ncn2)(c2cnn(C(F)F)c2)C1. The van der Waals surface area contributed by atoms with Crippen LogP contribution < -0.4 is 10.1 Å². The van der Waals surface area contributed by atoms with Crippen LogP contribution in [0.5, 0.6) is 5.75 Å². The summed E-state index contributed by atoms with van der Waals surface area (Å²) in [6.07, 6.45) is 0.574. The average molecular weight is 510 g/mol. The van der Waals surface area contributed by atoms with Gasteiger partial charge in [-0.15, -0.1) is 0 Å². The van der Waals surface area contributed by atoms with E-state index in [0.717, 1.165) is 13.0 Å². The van der Waals surface area contributed by atoms with Crippen molar-refractivity contribution in [2.45, 2.75) is 31.1 Å². The molecular weight excluding hydrogens is 487 g/mol. The lowest BCUT2D eigenvalue weighted by Gasteiger charge is -2.41. The van der Waals surface area contributed by atoms with E-state index in [9.17, 15) is 26.7 Å². The second kappa shape index (κ2) is 10.2. The number of alkyl halides is 5. The summed E-state index contributed by atoms with van der Waals surface area (Å²) in [5.74, 6) is -0.486. The van der Waals surface area contributed by atoms with Gasteiger partial charge in [0.05, 0.1) is 17.4 Å². The van der Waals surface area contributed by atoms with E-state index >= 15 is 0 Å². The molecule has 8 nitrogen and oxygen atoms in total. The number of amides is 1. The first kappa shape index (κ1) is 25.5. The smallest absolute Gasteiger partial charge is 0.422 e. The van der Waals surface area contributed by atoms with Gasteiger partial charge >= 0.3 is 12.7 Å². The Hall–Kier alpha value is -3.61. The standard InChI is InChI=1S/C23H23F5N6O2/c1-33-8-2-7-22(12-33,16-10-31-34(11-16)21(24)25)32-20(35)19-9-18(29-14-30-19)15-3-5-17(6-4-15)36-13-23(26,27)28/h3-6,9-11,14,21H,2,7-8,12-13H2,1H3,(H,32,35). The number of nitrogens with one attached hydrogen (secondary N) is 1. The number of aromatic nitrogens is 4. The van der Waals surface area contributed by atoms with Crippen LogP contribution in [0.3, 0.4) is 0 Å². The molecule has 1 fully saturated rings. The van der Waals surface area contributed by atoms with Crippen molar-refractivity contribution in [2.24, 2.45) is 0 Å². The van der Waals surface area contributed by atoms with E-state index in [0.29, 0.717) is 34.5 Å². The Balaban J connectivity index is 1.54. The summed E-state index contributed by atoms with van der Waals surface area (Å²) in [5, 5.41) is 6.70. The summed E-state index contributed by atoms with van der Waals surface area (Å²) in [4.78, 5) is 23.4. The fraction of sp³-hybridized carbons (Fsp3) is 0.391. The Bertz CT molecular complexity index is 1200. The van der Waals surface area contributed by atoms with Crippen molar-refractivity contribution >= 4 is 5.91 Å². The molecule has 36 heavy (non-hydrogen) atoms. The van der Waals surface area contributed by atoms with E-state index in [-0.39, 0.29) is 11.4 Å². The van der Waals surface area contributed by atoms with Gasteiger partial charge in [0.15, 0.2) is 6.61 Å². The van der Waals surface area contributed by atoms with Crippen LogP contribution in [0.1, 0.15) is 35.4 Å². The van der Waals surface area contributed by atoms with Gasteiger partial charge in [0.2, 0.25) is 0 Å². The molecule has 1 N–H and O–H groups in total. The van der Waals surface area contributed by atoms with E-state index in [4.69, 9.17) is 4.74 Å². The molecule has 2 aromatic heterocycles. The largest absolute Gasteiger partial charge is 0.484 e. The molecule has 1 aliphatic heterocycles. The van der Waals surface area contributed by atoms with E-state index in [2.05, 4.69) is 20.4 Å². The first-order valence-electron chi connectivity index (χ1n) is 11.0. The Kier molecular flexibility index (Phi) is 7.20. The topological polar surface area (TPSA) is 85.2 Å². The quantitative estimate of drug-likeness (QED) is 0.484. The highest BCUT2D eigenvalue weighted by Gasteiger charge is 2.39. The van der Waals surface area contributed by atoms with Crippen LogP contribution in [-0.2, 0) is 5.54 Å².